The summed E-state index contributed by atoms with van der Waals surface area (Å²) < 4.78 is 5.94. The first-order valence-electron chi connectivity index (χ1n) is 7.33. The van der Waals surface area contributed by atoms with E-state index >= 15 is 0 Å². The number of nitrogens with zero attached hydrogens (tertiary/aromatic N) is 2. The molecular formula is C15H27N3O. The van der Waals surface area contributed by atoms with E-state index in [1.807, 2.05) is 19.2 Å². The van der Waals surface area contributed by atoms with Crippen LogP contribution >= 0.6 is 0 Å². The molecule has 0 saturated carbocycles. The van der Waals surface area contributed by atoms with Crippen LogP contribution in [0.15, 0.2) is 12.3 Å². The van der Waals surface area contributed by atoms with E-state index in [4.69, 9.17) is 10.5 Å². The lowest BCUT2D eigenvalue weighted by Gasteiger charge is -2.30. The SMILES string of the molecule is CCOC(CC)(CC)c1nccc(CC(N)CC)n1. The van der Waals surface area contributed by atoms with Crippen LogP contribution in [0.2, 0.25) is 0 Å². The second-order valence-corrected chi connectivity index (χ2v) is 4.88. The number of ether oxygens (including phenoxy) is 1. The molecule has 19 heavy (non-hydrogen) atoms. The molecule has 1 unspecified atom stereocenters. The van der Waals surface area contributed by atoms with Crippen LogP contribution in [0, 0.1) is 0 Å². The van der Waals surface area contributed by atoms with E-state index in [-0.39, 0.29) is 11.6 Å². The molecule has 1 aromatic rings. The lowest BCUT2D eigenvalue weighted by atomic mass is 9.95. The fourth-order valence-corrected chi connectivity index (χ4v) is 2.25. The lowest BCUT2D eigenvalue weighted by Crippen LogP contribution is -2.31. The summed E-state index contributed by atoms with van der Waals surface area (Å²) in [5.41, 5.74) is 6.64. The molecule has 0 aliphatic heterocycles. The van der Waals surface area contributed by atoms with Gasteiger partial charge < -0.3 is 10.5 Å². The van der Waals surface area contributed by atoms with Crippen LogP contribution in [0.25, 0.3) is 0 Å². The van der Waals surface area contributed by atoms with Crippen LogP contribution in [0.1, 0.15) is 58.5 Å². The monoisotopic (exact) mass is 265 g/mol. The Balaban J connectivity index is 3.01. The molecular weight excluding hydrogens is 238 g/mol. The summed E-state index contributed by atoms with van der Waals surface area (Å²) >= 11 is 0. The minimum Gasteiger partial charge on any atom is -0.367 e. The Bertz CT molecular complexity index is 377. The summed E-state index contributed by atoms with van der Waals surface area (Å²) in [6.45, 7) is 9.01. The highest BCUT2D eigenvalue weighted by Gasteiger charge is 2.32. The predicted molar refractivity (Wildman–Crippen MR) is 77.9 cm³/mol. The van der Waals surface area contributed by atoms with Gasteiger partial charge >= 0.3 is 0 Å². The van der Waals surface area contributed by atoms with Gasteiger partial charge in [0.1, 0.15) is 5.60 Å². The van der Waals surface area contributed by atoms with E-state index in [0.717, 1.165) is 37.2 Å². The number of nitrogens with two attached hydrogens (primary N) is 1. The van der Waals surface area contributed by atoms with E-state index in [2.05, 4.69) is 30.7 Å². The van der Waals surface area contributed by atoms with Crippen LogP contribution in [-0.2, 0) is 16.8 Å². The highest BCUT2D eigenvalue weighted by molar-refractivity contribution is 5.09. The Morgan fingerprint density at radius 1 is 1.26 bits per heavy atom. The maximum absolute atomic E-state index is 6.00. The van der Waals surface area contributed by atoms with Gasteiger partial charge in [-0.15, -0.1) is 0 Å². The number of rotatable bonds is 8. The van der Waals surface area contributed by atoms with Gasteiger partial charge in [-0.05, 0) is 32.3 Å². The molecule has 2 N–H and O–H groups in total. The van der Waals surface area contributed by atoms with E-state index in [0.29, 0.717) is 6.61 Å². The highest BCUT2D eigenvalue weighted by Crippen LogP contribution is 2.30. The minimum absolute atomic E-state index is 0.160. The predicted octanol–water partition coefficient (Wildman–Crippen LogP) is 2.81. The quantitative estimate of drug-likeness (QED) is 0.785. The molecule has 0 spiro atoms. The van der Waals surface area contributed by atoms with Gasteiger partial charge in [0.2, 0.25) is 0 Å². The van der Waals surface area contributed by atoms with Crippen molar-refractivity contribution in [2.24, 2.45) is 5.73 Å². The first kappa shape index (κ1) is 16.1. The van der Waals surface area contributed by atoms with Gasteiger partial charge in [-0.2, -0.15) is 0 Å². The average molecular weight is 265 g/mol. The Hall–Kier alpha value is -1.00. The molecule has 4 heteroatoms. The zero-order chi connectivity index (χ0) is 14.3. The Morgan fingerprint density at radius 2 is 1.95 bits per heavy atom. The molecule has 0 saturated heterocycles. The van der Waals surface area contributed by atoms with Crippen molar-refractivity contribution in [2.45, 2.75) is 65.0 Å². The van der Waals surface area contributed by atoms with E-state index < -0.39 is 0 Å². The zero-order valence-corrected chi connectivity index (χ0v) is 12.6. The van der Waals surface area contributed by atoms with Gasteiger partial charge in [0.05, 0.1) is 0 Å². The summed E-state index contributed by atoms with van der Waals surface area (Å²) in [7, 11) is 0. The number of hydrogen-bond donors (Lipinski definition) is 1. The molecule has 0 aliphatic carbocycles. The van der Waals surface area contributed by atoms with Gasteiger partial charge in [0, 0.05) is 31.0 Å². The fraction of sp³-hybridized carbons (Fsp3) is 0.733. The van der Waals surface area contributed by atoms with Crippen LogP contribution in [0.3, 0.4) is 0 Å². The summed E-state index contributed by atoms with van der Waals surface area (Å²) in [5.74, 6) is 0.792. The molecule has 0 amide bonds. The van der Waals surface area contributed by atoms with Crippen molar-refractivity contribution in [3.8, 4) is 0 Å². The van der Waals surface area contributed by atoms with Crippen molar-refractivity contribution in [3.05, 3.63) is 23.8 Å². The second kappa shape index (κ2) is 7.56. The molecule has 108 valence electrons. The van der Waals surface area contributed by atoms with Crippen LogP contribution in [0.5, 0.6) is 0 Å². The van der Waals surface area contributed by atoms with Gasteiger partial charge in [-0.3, -0.25) is 0 Å². The van der Waals surface area contributed by atoms with Crippen molar-refractivity contribution in [1.29, 1.82) is 0 Å². The Morgan fingerprint density at radius 3 is 2.47 bits per heavy atom. The van der Waals surface area contributed by atoms with Crippen LogP contribution in [0.4, 0.5) is 0 Å². The lowest BCUT2D eigenvalue weighted by molar-refractivity contribution is -0.0573. The third-order valence-corrected chi connectivity index (χ3v) is 3.68. The standard InChI is InChI=1S/C15H27N3O/c1-5-12(16)11-13-9-10-17-14(18-13)15(6-2,7-3)19-8-4/h9-10,12H,5-8,11,16H2,1-4H3. The summed E-state index contributed by atoms with van der Waals surface area (Å²) in [4.78, 5) is 9.11. The first-order chi connectivity index (χ1) is 9.11. The third kappa shape index (κ3) is 3.98. The van der Waals surface area contributed by atoms with Crippen molar-refractivity contribution in [2.75, 3.05) is 6.61 Å². The Kier molecular flexibility index (Phi) is 6.38. The van der Waals surface area contributed by atoms with Gasteiger partial charge in [-0.1, -0.05) is 20.8 Å². The maximum Gasteiger partial charge on any atom is 0.160 e. The maximum atomic E-state index is 6.00. The minimum atomic E-state index is -0.360. The number of aromatic nitrogens is 2. The summed E-state index contributed by atoms with van der Waals surface area (Å²) in [6.07, 6.45) is 5.32. The topological polar surface area (TPSA) is 61.0 Å². The summed E-state index contributed by atoms with van der Waals surface area (Å²) in [5, 5.41) is 0. The Labute approximate surface area is 116 Å². The van der Waals surface area contributed by atoms with Crippen molar-refractivity contribution >= 4 is 0 Å². The first-order valence-corrected chi connectivity index (χ1v) is 7.33. The largest absolute Gasteiger partial charge is 0.367 e. The van der Waals surface area contributed by atoms with Crippen molar-refractivity contribution < 1.29 is 4.74 Å². The average Bonchev–Trinajstić information content (AvgIpc) is 2.45. The molecule has 1 aromatic heterocycles. The molecule has 0 aliphatic rings. The number of hydrogen-bond acceptors (Lipinski definition) is 4. The summed E-state index contributed by atoms with van der Waals surface area (Å²) in [6, 6.07) is 2.11. The van der Waals surface area contributed by atoms with Crippen LogP contribution < -0.4 is 5.73 Å². The molecule has 0 bridgehead atoms. The molecule has 1 heterocycles. The van der Waals surface area contributed by atoms with E-state index in [1.165, 1.54) is 0 Å². The highest BCUT2D eigenvalue weighted by atomic mass is 16.5. The van der Waals surface area contributed by atoms with E-state index in [9.17, 15) is 0 Å². The van der Waals surface area contributed by atoms with Gasteiger partial charge in [0.15, 0.2) is 5.82 Å². The molecule has 0 radical (unpaired) electrons. The zero-order valence-electron chi connectivity index (χ0n) is 12.6. The van der Waals surface area contributed by atoms with Crippen molar-refractivity contribution in [1.82, 2.24) is 9.97 Å². The fourth-order valence-electron chi connectivity index (χ4n) is 2.25. The van der Waals surface area contributed by atoms with Crippen LogP contribution in [-0.4, -0.2) is 22.6 Å². The molecule has 0 fully saturated rings. The third-order valence-electron chi connectivity index (χ3n) is 3.68. The molecule has 4 nitrogen and oxygen atoms in total. The second-order valence-electron chi connectivity index (χ2n) is 4.88. The van der Waals surface area contributed by atoms with Gasteiger partial charge in [-0.25, -0.2) is 9.97 Å². The molecule has 1 rings (SSSR count). The normalized spacial score (nSPS) is 13.5. The molecule has 0 aromatic carbocycles. The molecule has 1 atom stereocenters. The van der Waals surface area contributed by atoms with Crippen molar-refractivity contribution in [3.63, 3.8) is 0 Å². The smallest absolute Gasteiger partial charge is 0.160 e. The van der Waals surface area contributed by atoms with Gasteiger partial charge in [0.25, 0.3) is 0 Å². The van der Waals surface area contributed by atoms with E-state index in [1.54, 1.807) is 0 Å².